The Morgan fingerprint density at radius 1 is 1.22 bits per heavy atom. The summed E-state index contributed by atoms with van der Waals surface area (Å²) in [5.41, 5.74) is 1.31. The number of aliphatic hydroxyl groups excluding tert-OH is 2. The fraction of sp³-hybridized carbons (Fsp3) is 0.643. The van der Waals surface area contributed by atoms with Crippen LogP contribution in [0.1, 0.15) is 74.7 Å². The number of esters is 1. The van der Waals surface area contributed by atoms with Gasteiger partial charge in [-0.2, -0.15) is 0 Å². The Bertz CT molecular complexity index is 1070. The molecule has 1 aromatic rings. The van der Waals surface area contributed by atoms with Crippen molar-refractivity contribution in [1.29, 1.82) is 0 Å². The van der Waals surface area contributed by atoms with Crippen LogP contribution in [0.4, 0.5) is 0 Å². The number of phenolic OH excluding ortho intramolecular Hbond substituents is 1. The fourth-order valence-electron chi connectivity index (χ4n) is 7.57. The van der Waals surface area contributed by atoms with E-state index in [1.54, 1.807) is 13.0 Å². The van der Waals surface area contributed by atoms with Gasteiger partial charge in [-0.25, -0.2) is 0 Å². The van der Waals surface area contributed by atoms with Crippen LogP contribution in [0, 0.1) is 23.2 Å². The number of aliphatic hydroxyl groups is 2. The minimum Gasteiger partial charge on any atom is -0.504 e. The number of aromatic hydroxyl groups is 1. The van der Waals surface area contributed by atoms with Gasteiger partial charge in [0.25, 0.3) is 0 Å². The van der Waals surface area contributed by atoms with Crippen molar-refractivity contribution in [3.05, 3.63) is 35.9 Å². The Morgan fingerprint density at radius 2 is 1.97 bits per heavy atom. The molecule has 1 aliphatic heterocycles. The number of ether oxygens (including phenoxy) is 3. The maximum atomic E-state index is 13.4. The second kappa shape index (κ2) is 9.15. The maximum Gasteiger partial charge on any atom is 0.303 e. The minimum absolute atomic E-state index is 0.00294. The number of rotatable bonds is 4. The predicted octanol–water partition coefficient (Wildman–Crippen LogP) is 3.47. The number of carbonyl (C=O) groups excluding carboxylic acids is 2. The number of hydrogen-bond acceptors (Lipinski definition) is 8. The number of Topliss-reactive ketones (excluding diaryl/α,β-unsaturated/α-hetero) is 1. The van der Waals surface area contributed by atoms with E-state index in [0.29, 0.717) is 18.3 Å². The van der Waals surface area contributed by atoms with E-state index >= 15 is 0 Å². The van der Waals surface area contributed by atoms with Gasteiger partial charge in [-0.3, -0.25) is 9.59 Å². The second-order valence-electron chi connectivity index (χ2n) is 11.2. The highest BCUT2D eigenvalue weighted by molar-refractivity contribution is 6.02. The first kappa shape index (κ1) is 25.2. The van der Waals surface area contributed by atoms with Crippen molar-refractivity contribution in [2.24, 2.45) is 23.2 Å². The highest BCUT2D eigenvalue weighted by Crippen LogP contribution is 2.63. The number of carbonyl (C=O) groups is 2. The number of ketones is 1. The van der Waals surface area contributed by atoms with Crippen LogP contribution < -0.4 is 4.74 Å². The number of benzene rings is 1. The van der Waals surface area contributed by atoms with Crippen LogP contribution in [0.25, 0.3) is 0 Å². The fourth-order valence-corrected chi connectivity index (χ4v) is 7.57. The molecule has 8 nitrogen and oxygen atoms in total. The summed E-state index contributed by atoms with van der Waals surface area (Å²) in [7, 11) is 0. The van der Waals surface area contributed by atoms with Crippen molar-refractivity contribution < 1.29 is 39.1 Å². The lowest BCUT2D eigenvalue weighted by Gasteiger charge is -2.50. The van der Waals surface area contributed by atoms with Gasteiger partial charge in [-0.15, -0.1) is 6.58 Å². The van der Waals surface area contributed by atoms with Crippen molar-refractivity contribution >= 4 is 11.8 Å². The summed E-state index contributed by atoms with van der Waals surface area (Å²) in [6, 6.07) is 3.45. The molecule has 196 valence electrons. The van der Waals surface area contributed by atoms with E-state index in [1.165, 1.54) is 6.92 Å². The molecule has 1 aromatic carbocycles. The number of phenols is 1. The third-order valence-corrected chi connectivity index (χ3v) is 9.39. The molecule has 3 N–H and O–H groups in total. The van der Waals surface area contributed by atoms with Gasteiger partial charge in [0.2, 0.25) is 6.29 Å². The van der Waals surface area contributed by atoms with Crippen LogP contribution in [0.2, 0.25) is 0 Å². The lowest BCUT2D eigenvalue weighted by Crippen LogP contribution is -2.59. The van der Waals surface area contributed by atoms with Crippen molar-refractivity contribution in [2.45, 2.75) is 89.5 Å². The first-order chi connectivity index (χ1) is 17.1. The van der Waals surface area contributed by atoms with Crippen LogP contribution >= 0.6 is 0 Å². The first-order valence-corrected chi connectivity index (χ1v) is 12.9. The van der Waals surface area contributed by atoms with E-state index in [9.17, 15) is 24.9 Å². The van der Waals surface area contributed by atoms with E-state index in [4.69, 9.17) is 14.2 Å². The number of hydrogen-bond donors (Lipinski definition) is 3. The van der Waals surface area contributed by atoms with E-state index in [1.807, 2.05) is 6.07 Å². The SMILES string of the molecule is C=CC1CCC2C3CC(=O)c4c(ccc(OC5OC(C)C(OC(C)=O)C(O)C5O)c4O)C3CCC12C. The largest absolute Gasteiger partial charge is 0.504 e. The molecule has 3 fully saturated rings. The van der Waals surface area contributed by atoms with Crippen molar-refractivity contribution in [2.75, 3.05) is 0 Å². The van der Waals surface area contributed by atoms with Crippen LogP contribution in [0.15, 0.2) is 24.8 Å². The molecule has 8 heteroatoms. The van der Waals surface area contributed by atoms with Gasteiger partial charge < -0.3 is 29.5 Å². The van der Waals surface area contributed by atoms with Crippen LogP contribution in [0.5, 0.6) is 11.5 Å². The molecule has 0 bridgehead atoms. The third kappa shape index (κ3) is 3.85. The molecule has 2 saturated carbocycles. The maximum absolute atomic E-state index is 13.4. The quantitative estimate of drug-likeness (QED) is 0.424. The second-order valence-corrected chi connectivity index (χ2v) is 11.2. The van der Waals surface area contributed by atoms with Gasteiger partial charge in [-0.05, 0) is 73.3 Å². The summed E-state index contributed by atoms with van der Waals surface area (Å²) in [4.78, 5) is 24.7. The van der Waals surface area contributed by atoms with E-state index in [0.717, 1.165) is 31.2 Å². The molecule has 1 heterocycles. The molecule has 36 heavy (non-hydrogen) atoms. The van der Waals surface area contributed by atoms with E-state index in [2.05, 4.69) is 19.6 Å². The van der Waals surface area contributed by atoms with E-state index in [-0.39, 0.29) is 40.1 Å². The van der Waals surface area contributed by atoms with Gasteiger partial charge in [-0.1, -0.05) is 19.1 Å². The van der Waals surface area contributed by atoms with Crippen molar-refractivity contribution in [1.82, 2.24) is 0 Å². The molecule has 0 spiro atoms. The molecular formula is C28H36O8. The average molecular weight is 501 g/mol. The van der Waals surface area contributed by atoms with Crippen LogP contribution in [0.3, 0.4) is 0 Å². The van der Waals surface area contributed by atoms with Crippen molar-refractivity contribution in [3.63, 3.8) is 0 Å². The Labute approximate surface area is 211 Å². The summed E-state index contributed by atoms with van der Waals surface area (Å²) in [5, 5.41) is 32.1. The minimum atomic E-state index is -1.53. The Morgan fingerprint density at radius 3 is 2.67 bits per heavy atom. The Balaban J connectivity index is 1.39. The first-order valence-electron chi connectivity index (χ1n) is 12.9. The number of fused-ring (bicyclic) bond motifs is 5. The molecule has 4 aliphatic rings. The Hall–Kier alpha value is -2.42. The highest BCUT2D eigenvalue weighted by atomic mass is 16.7. The molecule has 0 amide bonds. The smallest absolute Gasteiger partial charge is 0.303 e. The highest BCUT2D eigenvalue weighted by Gasteiger charge is 2.55. The van der Waals surface area contributed by atoms with Crippen LogP contribution in [-0.2, 0) is 14.3 Å². The Kier molecular flexibility index (Phi) is 6.42. The molecule has 3 aliphatic carbocycles. The van der Waals surface area contributed by atoms with Gasteiger partial charge in [0.1, 0.15) is 12.2 Å². The molecule has 0 aromatic heterocycles. The summed E-state index contributed by atoms with van der Waals surface area (Å²) in [6.45, 7) is 9.20. The number of allylic oxidation sites excluding steroid dienone is 1. The monoisotopic (exact) mass is 500 g/mol. The molecule has 0 radical (unpaired) electrons. The molecule has 10 atom stereocenters. The van der Waals surface area contributed by atoms with E-state index < -0.39 is 36.7 Å². The summed E-state index contributed by atoms with van der Waals surface area (Å²) in [5.74, 6) is 0.403. The lowest BCUT2D eigenvalue weighted by atomic mass is 9.54. The summed E-state index contributed by atoms with van der Waals surface area (Å²) in [6.07, 6.45) is 0.588. The zero-order chi connectivity index (χ0) is 25.9. The third-order valence-electron chi connectivity index (χ3n) is 9.39. The lowest BCUT2D eigenvalue weighted by molar-refractivity contribution is -0.272. The summed E-state index contributed by atoms with van der Waals surface area (Å²) < 4.78 is 16.5. The van der Waals surface area contributed by atoms with Gasteiger partial charge >= 0.3 is 5.97 Å². The zero-order valence-electron chi connectivity index (χ0n) is 21.1. The zero-order valence-corrected chi connectivity index (χ0v) is 21.1. The predicted molar refractivity (Wildman–Crippen MR) is 130 cm³/mol. The van der Waals surface area contributed by atoms with Gasteiger partial charge in [0, 0.05) is 13.3 Å². The van der Waals surface area contributed by atoms with Crippen LogP contribution in [-0.4, -0.2) is 57.8 Å². The van der Waals surface area contributed by atoms with Gasteiger partial charge in [0.05, 0.1) is 11.7 Å². The topological polar surface area (TPSA) is 123 Å². The molecule has 5 rings (SSSR count). The normalized spacial score (nSPS) is 41.6. The molecular weight excluding hydrogens is 464 g/mol. The standard InChI is InChI=1S/C28H36O8/c1-5-15-6-8-19-18-12-20(30)22-17(16(18)10-11-28(15,19)4)7-9-21(23(22)31)36-27-25(33)24(32)26(13(2)34-27)35-14(3)29/h5,7,9,13,15-16,18-19,24-27,31-33H,1,6,8,10-12H2,2-4H3. The van der Waals surface area contributed by atoms with Crippen molar-refractivity contribution in [3.8, 4) is 11.5 Å². The van der Waals surface area contributed by atoms with Gasteiger partial charge in [0.15, 0.2) is 23.4 Å². The molecule has 10 unspecified atom stereocenters. The molecule has 1 saturated heterocycles. The average Bonchev–Trinajstić information content (AvgIpc) is 3.18. The summed E-state index contributed by atoms with van der Waals surface area (Å²) >= 11 is 0.